The average molecular weight is 596 g/mol. The van der Waals surface area contributed by atoms with Gasteiger partial charge in [-0.2, -0.15) is 0 Å². The van der Waals surface area contributed by atoms with Gasteiger partial charge >= 0.3 is 0 Å². The molecule has 0 aliphatic carbocycles. The van der Waals surface area contributed by atoms with Gasteiger partial charge in [0.25, 0.3) is 0 Å². The summed E-state index contributed by atoms with van der Waals surface area (Å²) in [6.45, 7) is 1.88. The number of nitrogens with zero attached hydrogens (tertiary/aromatic N) is 1. The molecule has 3 aliphatic rings. The third kappa shape index (κ3) is 5.08. The van der Waals surface area contributed by atoms with Gasteiger partial charge in [-0.25, -0.2) is 0 Å². The van der Waals surface area contributed by atoms with Gasteiger partial charge < -0.3 is 34.1 Å². The molecule has 3 heterocycles. The third-order valence-corrected chi connectivity index (χ3v) is 9.59. The van der Waals surface area contributed by atoms with E-state index in [9.17, 15) is 10.2 Å². The number of nitrogens with one attached hydrogen (secondary N) is 1. The Hall–Kier alpha value is -4.40. The molecule has 3 N–H and O–H groups in total. The lowest BCUT2D eigenvalue weighted by Gasteiger charge is -2.35. The number of benzene rings is 4. The lowest BCUT2D eigenvalue weighted by atomic mass is 9.88. The molecule has 228 valence electrons. The Morgan fingerprint density at radius 1 is 0.727 bits per heavy atom. The van der Waals surface area contributed by atoms with Crippen molar-refractivity contribution in [2.24, 2.45) is 0 Å². The number of fused-ring (bicyclic) bond motifs is 6. The number of aromatic hydroxyl groups is 2. The second-order valence-electron chi connectivity index (χ2n) is 12.3. The topological polar surface area (TPSA) is 85.1 Å². The fourth-order valence-electron chi connectivity index (χ4n) is 7.02. The Kier molecular flexibility index (Phi) is 7.26. The summed E-state index contributed by atoms with van der Waals surface area (Å²) >= 11 is 0. The van der Waals surface area contributed by atoms with Crippen LogP contribution in [0, 0.1) is 0 Å². The van der Waals surface area contributed by atoms with Gasteiger partial charge in [0, 0.05) is 31.0 Å². The van der Waals surface area contributed by atoms with Gasteiger partial charge in [-0.3, -0.25) is 4.90 Å². The Bertz CT molecular complexity index is 1610. The van der Waals surface area contributed by atoms with Crippen LogP contribution in [0.4, 0.5) is 0 Å². The van der Waals surface area contributed by atoms with Crippen LogP contribution in [-0.4, -0.2) is 56.5 Å². The average Bonchev–Trinajstić information content (AvgIpc) is 3.02. The van der Waals surface area contributed by atoms with E-state index < -0.39 is 0 Å². The number of phenolic OH excluding ortho intramolecular Hbond substituents is 2. The molecule has 3 unspecified atom stereocenters. The van der Waals surface area contributed by atoms with Crippen molar-refractivity contribution in [3.8, 4) is 46.0 Å². The van der Waals surface area contributed by atoms with E-state index in [2.05, 4.69) is 43.3 Å². The number of ether oxygens (including phenoxy) is 4. The molecule has 3 atom stereocenters. The van der Waals surface area contributed by atoms with E-state index in [1.54, 1.807) is 26.4 Å². The van der Waals surface area contributed by atoms with Gasteiger partial charge in [0.2, 0.25) is 0 Å². The van der Waals surface area contributed by atoms with Crippen molar-refractivity contribution in [2.45, 2.75) is 37.8 Å². The van der Waals surface area contributed by atoms with E-state index in [4.69, 9.17) is 18.9 Å². The van der Waals surface area contributed by atoms with Crippen molar-refractivity contribution >= 4 is 0 Å². The number of hydrogen-bond donors (Lipinski definition) is 3. The molecule has 0 spiro atoms. The number of likely N-dealkylation sites (N-methyl/N-ethyl adjacent to an activating group) is 2. The van der Waals surface area contributed by atoms with Crippen LogP contribution in [0.3, 0.4) is 0 Å². The third-order valence-electron chi connectivity index (χ3n) is 9.59. The van der Waals surface area contributed by atoms with Crippen molar-refractivity contribution in [3.05, 3.63) is 94.0 Å². The Morgan fingerprint density at radius 3 is 1.91 bits per heavy atom. The lowest BCUT2D eigenvalue weighted by molar-refractivity contribution is -0.914. The minimum atomic E-state index is 0.0563. The number of quaternary nitrogens is 1. The Labute approximate surface area is 258 Å². The normalized spacial score (nSPS) is 20.9. The molecule has 0 aromatic heterocycles. The fourth-order valence-corrected chi connectivity index (χ4v) is 7.02. The van der Waals surface area contributed by atoms with Gasteiger partial charge in [0.15, 0.2) is 46.0 Å². The maximum absolute atomic E-state index is 10.9. The first-order chi connectivity index (χ1) is 21.3. The highest BCUT2D eigenvalue weighted by Crippen LogP contribution is 2.45. The van der Waals surface area contributed by atoms with Gasteiger partial charge in [-0.05, 0) is 96.2 Å². The van der Waals surface area contributed by atoms with Gasteiger partial charge in [-0.1, -0.05) is 12.1 Å². The number of hydrogen-bond acceptors (Lipinski definition) is 7. The summed E-state index contributed by atoms with van der Waals surface area (Å²) in [6.07, 6.45) is 3.24. The maximum atomic E-state index is 10.9. The molecule has 0 amide bonds. The van der Waals surface area contributed by atoms with Crippen LogP contribution in [0.25, 0.3) is 0 Å². The van der Waals surface area contributed by atoms with E-state index in [0.717, 1.165) is 49.0 Å². The van der Waals surface area contributed by atoms with Crippen LogP contribution in [0.15, 0.2) is 60.7 Å². The quantitative estimate of drug-likeness (QED) is 0.296. The summed E-state index contributed by atoms with van der Waals surface area (Å²) in [6, 6.07) is 19.7. The van der Waals surface area contributed by atoms with Gasteiger partial charge in [0.1, 0.15) is 6.04 Å². The lowest BCUT2D eigenvalue weighted by Crippen LogP contribution is -3.10. The molecule has 4 aromatic carbocycles. The second kappa shape index (κ2) is 11.3. The van der Waals surface area contributed by atoms with E-state index in [0.29, 0.717) is 40.9 Å². The predicted molar refractivity (Wildman–Crippen MR) is 167 cm³/mol. The van der Waals surface area contributed by atoms with Crippen LogP contribution in [0.2, 0.25) is 0 Å². The minimum absolute atomic E-state index is 0.0563. The van der Waals surface area contributed by atoms with Crippen LogP contribution in [0.1, 0.15) is 45.5 Å². The summed E-state index contributed by atoms with van der Waals surface area (Å²) in [7, 11) is 7.64. The fraction of sp³-hybridized carbons (Fsp3) is 0.333. The highest BCUT2D eigenvalue weighted by molar-refractivity contribution is 5.56. The standard InChI is InChI=1S/C36H38N2O6/c1-37-11-9-23-17-33(41-3)35-19-25(23)27(37)13-21-5-7-29(39)31(15-21)44-36-20-26-24(18-34(36)42-4)10-12-38(2)28(26)14-22-6-8-30(40)32(16-22)43-35/h5-8,15-20,27-28,39-40H,9-14H2,1-4H3/p+1. The molecule has 8 nitrogen and oxygen atoms in total. The van der Waals surface area contributed by atoms with Gasteiger partial charge in [0.05, 0.1) is 27.8 Å². The van der Waals surface area contributed by atoms with Crippen LogP contribution in [-0.2, 0) is 25.7 Å². The van der Waals surface area contributed by atoms with Crippen molar-refractivity contribution in [3.63, 3.8) is 0 Å². The monoisotopic (exact) mass is 595 g/mol. The first kappa shape index (κ1) is 28.4. The van der Waals surface area contributed by atoms with Crippen molar-refractivity contribution in [1.29, 1.82) is 0 Å². The molecule has 0 fully saturated rings. The zero-order valence-corrected chi connectivity index (χ0v) is 25.6. The largest absolute Gasteiger partial charge is 0.504 e. The molecule has 7 rings (SSSR count). The van der Waals surface area contributed by atoms with Gasteiger partial charge in [-0.15, -0.1) is 0 Å². The predicted octanol–water partition coefficient (Wildman–Crippen LogP) is 5.14. The molecular weight excluding hydrogens is 556 g/mol. The second-order valence-corrected chi connectivity index (χ2v) is 12.3. The summed E-state index contributed by atoms with van der Waals surface area (Å²) in [4.78, 5) is 3.73. The molecule has 8 heteroatoms. The summed E-state index contributed by atoms with van der Waals surface area (Å²) < 4.78 is 24.5. The number of rotatable bonds is 2. The summed E-state index contributed by atoms with van der Waals surface area (Å²) in [5, 5.41) is 21.8. The Morgan fingerprint density at radius 2 is 1.30 bits per heavy atom. The van der Waals surface area contributed by atoms with E-state index in [1.807, 2.05) is 24.3 Å². The molecule has 44 heavy (non-hydrogen) atoms. The molecule has 0 saturated heterocycles. The highest BCUT2D eigenvalue weighted by Gasteiger charge is 2.32. The number of phenols is 2. The number of methoxy groups -OCH3 is 2. The SMILES string of the molecule is COc1cc2c3cc1Oc1cc(ccc1O)CC1c4cc(c(OC)cc4CC[NH+]1C)Oc1cc(ccc1O)CC3N(C)CC2. The summed E-state index contributed by atoms with van der Waals surface area (Å²) in [5.41, 5.74) is 6.85. The molecule has 3 aliphatic heterocycles. The Balaban J connectivity index is 1.42. The van der Waals surface area contributed by atoms with Crippen molar-refractivity contribution in [1.82, 2.24) is 4.90 Å². The maximum Gasteiger partial charge on any atom is 0.170 e. The smallest absolute Gasteiger partial charge is 0.170 e. The molecule has 0 saturated carbocycles. The highest BCUT2D eigenvalue weighted by atomic mass is 16.5. The zero-order valence-electron chi connectivity index (χ0n) is 25.6. The van der Waals surface area contributed by atoms with Crippen molar-refractivity contribution in [2.75, 3.05) is 41.4 Å². The van der Waals surface area contributed by atoms with E-state index in [1.165, 1.54) is 21.6 Å². The zero-order chi connectivity index (χ0) is 30.5. The molecule has 8 bridgehead atoms. The first-order valence-electron chi connectivity index (χ1n) is 15.2. The van der Waals surface area contributed by atoms with Crippen LogP contribution >= 0.6 is 0 Å². The van der Waals surface area contributed by atoms with E-state index >= 15 is 0 Å². The van der Waals surface area contributed by atoms with Crippen molar-refractivity contribution < 1.29 is 34.1 Å². The minimum Gasteiger partial charge on any atom is -0.504 e. The molecule has 4 aromatic rings. The van der Waals surface area contributed by atoms with Crippen LogP contribution < -0.4 is 23.8 Å². The van der Waals surface area contributed by atoms with Crippen LogP contribution in [0.5, 0.6) is 46.0 Å². The summed E-state index contributed by atoms with van der Waals surface area (Å²) in [5.74, 6) is 3.38. The molecule has 0 radical (unpaired) electrons. The van der Waals surface area contributed by atoms with E-state index in [-0.39, 0.29) is 23.6 Å². The first-order valence-corrected chi connectivity index (χ1v) is 15.2. The molecular formula is C36H39N2O6+.